The monoisotopic (exact) mass is 247 g/mol. The van der Waals surface area contributed by atoms with Gasteiger partial charge in [0.15, 0.2) is 5.82 Å². The molecule has 0 aliphatic rings. The highest BCUT2D eigenvalue weighted by Crippen LogP contribution is 2.08. The van der Waals surface area contributed by atoms with Crippen molar-refractivity contribution >= 4 is 17.7 Å². The minimum atomic E-state index is -1.17. The fraction of sp³-hybridized carbons (Fsp3) is 0.100. The van der Waals surface area contributed by atoms with Crippen molar-refractivity contribution in [2.45, 2.75) is 0 Å². The molecule has 1 amide bonds. The summed E-state index contributed by atoms with van der Waals surface area (Å²) >= 11 is 0. The Morgan fingerprint density at radius 2 is 2.17 bits per heavy atom. The van der Waals surface area contributed by atoms with Crippen molar-refractivity contribution in [2.24, 2.45) is 7.05 Å². The lowest BCUT2D eigenvalue weighted by atomic mass is 10.4. The van der Waals surface area contributed by atoms with Gasteiger partial charge in [0.2, 0.25) is 5.82 Å². The number of rotatable bonds is 3. The van der Waals surface area contributed by atoms with Crippen LogP contribution in [-0.2, 0) is 7.05 Å². The van der Waals surface area contributed by atoms with Gasteiger partial charge in [-0.15, -0.1) is 0 Å². The van der Waals surface area contributed by atoms with Gasteiger partial charge in [-0.1, -0.05) is 0 Å². The Hall–Kier alpha value is -2.77. The summed E-state index contributed by atoms with van der Waals surface area (Å²) in [6.07, 6.45) is 5.53. The first-order valence-corrected chi connectivity index (χ1v) is 4.92. The molecule has 2 aromatic heterocycles. The van der Waals surface area contributed by atoms with Crippen LogP contribution in [0.15, 0.2) is 24.8 Å². The number of carboxylic acids is 1. The van der Waals surface area contributed by atoms with E-state index in [4.69, 9.17) is 5.11 Å². The summed E-state index contributed by atoms with van der Waals surface area (Å²) in [6.45, 7) is 0. The van der Waals surface area contributed by atoms with Crippen molar-refractivity contribution in [3.05, 3.63) is 36.3 Å². The van der Waals surface area contributed by atoms with Crippen molar-refractivity contribution < 1.29 is 14.7 Å². The van der Waals surface area contributed by atoms with Crippen molar-refractivity contribution in [2.75, 3.05) is 5.32 Å². The largest absolute Gasteiger partial charge is 0.475 e. The van der Waals surface area contributed by atoms with Gasteiger partial charge in [0.25, 0.3) is 5.91 Å². The summed E-state index contributed by atoms with van der Waals surface area (Å²) in [5.74, 6) is -1.69. The molecule has 0 saturated heterocycles. The van der Waals surface area contributed by atoms with Crippen molar-refractivity contribution in [3.8, 4) is 0 Å². The maximum absolute atomic E-state index is 11.7. The number of anilines is 1. The van der Waals surface area contributed by atoms with Crippen molar-refractivity contribution in [3.63, 3.8) is 0 Å². The fourth-order valence-electron chi connectivity index (χ4n) is 1.32. The van der Waals surface area contributed by atoms with Gasteiger partial charge in [0, 0.05) is 25.6 Å². The SMILES string of the molecule is Cn1cc(NC(=O)c2cnccn2)nc1C(=O)O. The lowest BCUT2D eigenvalue weighted by Gasteiger charge is -1.99. The first-order valence-electron chi connectivity index (χ1n) is 4.92. The molecular formula is C10H9N5O3. The van der Waals surface area contributed by atoms with Crippen LogP contribution in [0.1, 0.15) is 21.1 Å². The number of amides is 1. The van der Waals surface area contributed by atoms with E-state index in [0.717, 1.165) is 0 Å². The zero-order chi connectivity index (χ0) is 13.1. The summed E-state index contributed by atoms with van der Waals surface area (Å²) in [7, 11) is 1.52. The lowest BCUT2D eigenvalue weighted by Crippen LogP contribution is -2.14. The van der Waals surface area contributed by atoms with Gasteiger partial charge in [-0.2, -0.15) is 0 Å². The van der Waals surface area contributed by atoms with Crippen LogP contribution in [-0.4, -0.2) is 36.5 Å². The Balaban J connectivity index is 2.18. The average Bonchev–Trinajstić information content (AvgIpc) is 2.71. The average molecular weight is 247 g/mol. The van der Waals surface area contributed by atoms with Gasteiger partial charge in [0.05, 0.1) is 6.20 Å². The number of carboxylic acid groups (broad SMARTS) is 1. The lowest BCUT2D eigenvalue weighted by molar-refractivity contribution is 0.0679. The smallest absolute Gasteiger partial charge is 0.372 e. The van der Waals surface area contributed by atoms with Crippen molar-refractivity contribution in [1.82, 2.24) is 19.5 Å². The van der Waals surface area contributed by atoms with Gasteiger partial charge in [0.1, 0.15) is 5.69 Å². The maximum atomic E-state index is 11.7. The van der Waals surface area contributed by atoms with Gasteiger partial charge in [-0.3, -0.25) is 9.78 Å². The Morgan fingerprint density at radius 3 is 2.72 bits per heavy atom. The van der Waals surface area contributed by atoms with Crippen LogP contribution in [0.2, 0.25) is 0 Å². The number of carbonyl (C=O) groups is 2. The Morgan fingerprint density at radius 1 is 1.39 bits per heavy atom. The van der Waals surface area contributed by atoms with Crippen LogP contribution >= 0.6 is 0 Å². The molecule has 18 heavy (non-hydrogen) atoms. The summed E-state index contributed by atoms with van der Waals surface area (Å²) in [4.78, 5) is 33.8. The minimum absolute atomic E-state index is 0.125. The van der Waals surface area contributed by atoms with E-state index in [0.29, 0.717) is 0 Å². The van der Waals surface area contributed by atoms with Gasteiger partial charge >= 0.3 is 5.97 Å². The molecule has 92 valence electrons. The molecule has 0 saturated carbocycles. The van der Waals surface area contributed by atoms with Gasteiger partial charge < -0.3 is 15.0 Å². The molecule has 0 radical (unpaired) electrons. The predicted molar refractivity (Wildman–Crippen MR) is 60.2 cm³/mol. The number of hydrogen-bond donors (Lipinski definition) is 2. The highest BCUT2D eigenvalue weighted by Gasteiger charge is 2.14. The maximum Gasteiger partial charge on any atom is 0.372 e. The third-order valence-electron chi connectivity index (χ3n) is 2.11. The third kappa shape index (κ3) is 2.32. The fourth-order valence-corrected chi connectivity index (χ4v) is 1.32. The second kappa shape index (κ2) is 4.62. The van der Waals surface area contributed by atoms with Gasteiger partial charge in [-0.05, 0) is 0 Å². The van der Waals surface area contributed by atoms with Gasteiger partial charge in [-0.25, -0.2) is 14.8 Å². The molecule has 8 heteroatoms. The summed E-state index contributed by atoms with van der Waals surface area (Å²) in [5.41, 5.74) is 0.125. The highest BCUT2D eigenvalue weighted by molar-refractivity contribution is 6.02. The molecule has 2 heterocycles. The number of aromatic carboxylic acids is 1. The Kier molecular flexibility index (Phi) is 3.00. The second-order valence-corrected chi connectivity index (χ2v) is 3.41. The molecule has 2 rings (SSSR count). The number of carbonyl (C=O) groups excluding carboxylic acids is 1. The molecule has 0 aliphatic carbocycles. The molecule has 2 aromatic rings. The standard InChI is InChI=1S/C10H9N5O3/c1-15-5-7(13-8(15)10(17)18)14-9(16)6-4-11-2-3-12-6/h2-5H,1H3,(H,14,16)(H,17,18). The predicted octanol–water partition coefficient (Wildman–Crippen LogP) is 0.161. The Bertz CT molecular complexity index is 593. The molecule has 0 bridgehead atoms. The van der Waals surface area contributed by atoms with E-state index in [1.54, 1.807) is 0 Å². The molecule has 0 unspecified atom stereocenters. The van der Waals surface area contributed by atoms with E-state index in [9.17, 15) is 9.59 Å². The van der Waals surface area contributed by atoms with Crippen LogP contribution in [0.25, 0.3) is 0 Å². The minimum Gasteiger partial charge on any atom is -0.475 e. The molecule has 2 N–H and O–H groups in total. The van der Waals surface area contributed by atoms with E-state index in [2.05, 4.69) is 20.3 Å². The molecular weight excluding hydrogens is 238 g/mol. The first kappa shape index (κ1) is 11.7. The third-order valence-corrected chi connectivity index (χ3v) is 2.11. The molecule has 8 nitrogen and oxygen atoms in total. The van der Waals surface area contributed by atoms with E-state index < -0.39 is 11.9 Å². The molecule has 0 aromatic carbocycles. The zero-order valence-corrected chi connectivity index (χ0v) is 9.36. The molecule has 0 spiro atoms. The Labute approximate surface area is 101 Å². The van der Waals surface area contributed by atoms with E-state index in [1.807, 2.05) is 0 Å². The highest BCUT2D eigenvalue weighted by atomic mass is 16.4. The first-order chi connectivity index (χ1) is 8.58. The summed E-state index contributed by atoms with van der Waals surface area (Å²) in [6, 6.07) is 0. The normalized spacial score (nSPS) is 10.1. The summed E-state index contributed by atoms with van der Waals surface area (Å²) in [5, 5.41) is 11.2. The van der Waals surface area contributed by atoms with Crippen molar-refractivity contribution in [1.29, 1.82) is 0 Å². The molecule has 0 fully saturated rings. The van der Waals surface area contributed by atoms with E-state index in [1.165, 1.54) is 36.4 Å². The quantitative estimate of drug-likeness (QED) is 0.799. The zero-order valence-electron chi connectivity index (χ0n) is 9.36. The molecule has 0 atom stereocenters. The van der Waals surface area contributed by atoms with Crippen LogP contribution < -0.4 is 5.32 Å². The number of aromatic nitrogens is 4. The van der Waals surface area contributed by atoms with E-state index in [-0.39, 0.29) is 17.3 Å². The van der Waals surface area contributed by atoms with Crippen LogP contribution in [0.5, 0.6) is 0 Å². The molecule has 0 aliphatic heterocycles. The number of imidazole rings is 1. The van der Waals surface area contributed by atoms with Crippen LogP contribution in [0, 0.1) is 0 Å². The van der Waals surface area contributed by atoms with E-state index >= 15 is 0 Å². The second-order valence-electron chi connectivity index (χ2n) is 3.41. The number of hydrogen-bond acceptors (Lipinski definition) is 5. The number of nitrogens with zero attached hydrogens (tertiary/aromatic N) is 4. The topological polar surface area (TPSA) is 110 Å². The van der Waals surface area contributed by atoms with Crippen LogP contribution in [0.3, 0.4) is 0 Å². The summed E-state index contributed by atoms with van der Waals surface area (Å²) < 4.78 is 1.30. The van der Waals surface area contributed by atoms with Crippen LogP contribution in [0.4, 0.5) is 5.82 Å². The number of nitrogens with one attached hydrogen (secondary N) is 1. The number of aryl methyl sites for hydroxylation is 1.